The summed E-state index contributed by atoms with van der Waals surface area (Å²) in [6.07, 6.45) is 17.6. The summed E-state index contributed by atoms with van der Waals surface area (Å²) in [6.45, 7) is 1.23. The van der Waals surface area contributed by atoms with Gasteiger partial charge in [0.25, 0.3) is 0 Å². The topological polar surface area (TPSA) is 3.24 Å². The second-order valence-electron chi connectivity index (χ2n) is 3.93. The van der Waals surface area contributed by atoms with E-state index in [4.69, 9.17) is 0 Å². The van der Waals surface area contributed by atoms with Gasteiger partial charge in [0.15, 0.2) is 0 Å². The zero-order chi connectivity index (χ0) is 9.80. The second-order valence-corrected chi connectivity index (χ2v) is 3.93. The Bertz CT molecular complexity index is 307. The van der Waals surface area contributed by atoms with Gasteiger partial charge in [0.05, 0.1) is 0 Å². The van der Waals surface area contributed by atoms with Crippen molar-refractivity contribution in [2.75, 3.05) is 13.6 Å². The molecule has 1 fully saturated rings. The van der Waals surface area contributed by atoms with Crippen LogP contribution in [0.15, 0.2) is 48.1 Å². The first-order valence-corrected chi connectivity index (χ1v) is 5.30. The Morgan fingerprint density at radius 2 is 1.93 bits per heavy atom. The van der Waals surface area contributed by atoms with E-state index in [2.05, 4.69) is 54.5 Å². The predicted molar refractivity (Wildman–Crippen MR) is 61.2 cm³/mol. The van der Waals surface area contributed by atoms with Crippen LogP contribution in [0.3, 0.4) is 0 Å². The van der Waals surface area contributed by atoms with Crippen molar-refractivity contribution in [3.05, 3.63) is 48.1 Å². The Hall–Kier alpha value is -1.08. The van der Waals surface area contributed by atoms with E-state index in [1.165, 1.54) is 25.0 Å². The number of nitrogens with zero attached hydrogens (tertiary/aromatic N) is 1. The van der Waals surface area contributed by atoms with Crippen molar-refractivity contribution in [1.82, 2.24) is 4.90 Å². The predicted octanol–water partition coefficient (Wildman–Crippen LogP) is 2.69. The normalized spacial score (nSPS) is 38.1. The molecule has 0 unspecified atom stereocenters. The van der Waals surface area contributed by atoms with Crippen LogP contribution in [0.4, 0.5) is 0 Å². The number of rotatable bonds is 1. The van der Waals surface area contributed by atoms with Crippen LogP contribution in [-0.4, -0.2) is 24.5 Å². The third kappa shape index (κ3) is 2.05. The third-order valence-corrected chi connectivity index (χ3v) is 2.93. The van der Waals surface area contributed by atoms with Crippen LogP contribution in [0.25, 0.3) is 0 Å². The van der Waals surface area contributed by atoms with E-state index in [0.717, 1.165) is 0 Å². The lowest BCUT2D eigenvalue weighted by Gasteiger charge is -2.20. The molecule has 0 N–H and O–H groups in total. The maximum atomic E-state index is 2.44. The van der Waals surface area contributed by atoms with Crippen LogP contribution in [0.1, 0.15) is 12.8 Å². The summed E-state index contributed by atoms with van der Waals surface area (Å²) < 4.78 is 0. The van der Waals surface area contributed by atoms with E-state index in [1.807, 2.05) is 0 Å². The molecular weight excluding hydrogens is 170 g/mol. The van der Waals surface area contributed by atoms with Gasteiger partial charge in [0.2, 0.25) is 0 Å². The summed E-state index contributed by atoms with van der Waals surface area (Å²) in [4.78, 5) is 2.44. The Balaban J connectivity index is 2.16. The first kappa shape index (κ1) is 9.47. The van der Waals surface area contributed by atoms with Crippen LogP contribution >= 0.6 is 0 Å². The van der Waals surface area contributed by atoms with Crippen molar-refractivity contribution in [3.8, 4) is 0 Å². The zero-order valence-electron chi connectivity index (χ0n) is 8.69. The number of likely N-dealkylation sites (N-methyl/N-ethyl adjacent to an activating group) is 1. The number of allylic oxidation sites excluding steroid dienone is 6. The summed E-state index contributed by atoms with van der Waals surface area (Å²) in [5.41, 5.74) is 1.44. The molecule has 1 nitrogen and oxygen atoms in total. The van der Waals surface area contributed by atoms with Crippen molar-refractivity contribution >= 4 is 0 Å². The lowest BCUT2D eigenvalue weighted by atomic mass is 10.0. The van der Waals surface area contributed by atoms with Gasteiger partial charge in [0, 0.05) is 6.04 Å². The highest BCUT2D eigenvalue weighted by molar-refractivity contribution is 5.34. The Morgan fingerprint density at radius 1 is 1.14 bits per heavy atom. The average Bonchev–Trinajstić information content (AvgIpc) is 2.51. The molecule has 0 spiro atoms. The molecule has 1 heterocycles. The van der Waals surface area contributed by atoms with E-state index >= 15 is 0 Å². The molecular formula is C13H17N. The first-order chi connectivity index (χ1) is 6.88. The minimum absolute atomic E-state index is 0.627. The van der Waals surface area contributed by atoms with E-state index < -0.39 is 0 Å². The van der Waals surface area contributed by atoms with Gasteiger partial charge in [-0.3, -0.25) is 4.90 Å². The summed E-state index contributed by atoms with van der Waals surface area (Å²) in [6, 6.07) is 0.627. The Kier molecular flexibility index (Phi) is 3.00. The molecule has 0 radical (unpaired) electrons. The number of hydrogen-bond acceptors (Lipinski definition) is 1. The van der Waals surface area contributed by atoms with Gasteiger partial charge in [-0.2, -0.15) is 0 Å². The average molecular weight is 187 g/mol. The first-order valence-electron chi connectivity index (χ1n) is 5.30. The van der Waals surface area contributed by atoms with Gasteiger partial charge >= 0.3 is 0 Å². The SMILES string of the molecule is CN1CCC[C@@H]1C1=C/C=C\C=C/C=C\1. The maximum absolute atomic E-state index is 2.44. The summed E-state index contributed by atoms with van der Waals surface area (Å²) in [5.74, 6) is 0. The van der Waals surface area contributed by atoms with Crippen LogP contribution in [0.5, 0.6) is 0 Å². The van der Waals surface area contributed by atoms with Crippen LogP contribution in [0.2, 0.25) is 0 Å². The fourth-order valence-electron chi connectivity index (χ4n) is 2.13. The van der Waals surface area contributed by atoms with Crippen LogP contribution in [0, 0.1) is 0 Å². The Labute approximate surface area is 86.1 Å². The molecule has 1 atom stereocenters. The second kappa shape index (κ2) is 4.43. The third-order valence-electron chi connectivity index (χ3n) is 2.93. The quantitative estimate of drug-likeness (QED) is 0.610. The van der Waals surface area contributed by atoms with Gasteiger partial charge < -0.3 is 0 Å². The van der Waals surface area contributed by atoms with Gasteiger partial charge in [-0.1, -0.05) is 42.5 Å². The monoisotopic (exact) mass is 187 g/mol. The molecule has 1 aliphatic carbocycles. The highest BCUT2D eigenvalue weighted by Gasteiger charge is 2.22. The zero-order valence-corrected chi connectivity index (χ0v) is 8.69. The summed E-state index contributed by atoms with van der Waals surface area (Å²) in [5, 5.41) is 0. The molecule has 0 saturated carbocycles. The lowest BCUT2D eigenvalue weighted by Crippen LogP contribution is -2.26. The summed E-state index contributed by atoms with van der Waals surface area (Å²) >= 11 is 0. The minimum Gasteiger partial charge on any atom is -0.299 e. The van der Waals surface area contributed by atoms with Crippen molar-refractivity contribution < 1.29 is 0 Å². The van der Waals surface area contributed by atoms with Crippen molar-refractivity contribution in [3.63, 3.8) is 0 Å². The largest absolute Gasteiger partial charge is 0.299 e. The minimum atomic E-state index is 0.627. The number of hydrogen-bond donors (Lipinski definition) is 0. The highest BCUT2D eigenvalue weighted by atomic mass is 15.1. The Morgan fingerprint density at radius 3 is 2.71 bits per heavy atom. The molecule has 74 valence electrons. The van der Waals surface area contributed by atoms with E-state index in [9.17, 15) is 0 Å². The van der Waals surface area contributed by atoms with Crippen molar-refractivity contribution in [2.45, 2.75) is 18.9 Å². The molecule has 1 heteroatoms. The molecule has 0 bridgehead atoms. The highest BCUT2D eigenvalue weighted by Crippen LogP contribution is 2.23. The molecule has 14 heavy (non-hydrogen) atoms. The molecule has 0 aromatic heterocycles. The molecule has 2 aliphatic rings. The van der Waals surface area contributed by atoms with E-state index in [1.54, 1.807) is 0 Å². The van der Waals surface area contributed by atoms with E-state index in [-0.39, 0.29) is 0 Å². The van der Waals surface area contributed by atoms with Gasteiger partial charge in [-0.25, -0.2) is 0 Å². The van der Waals surface area contributed by atoms with Crippen molar-refractivity contribution in [1.29, 1.82) is 0 Å². The van der Waals surface area contributed by atoms with Gasteiger partial charge in [0.1, 0.15) is 0 Å². The van der Waals surface area contributed by atoms with Gasteiger partial charge in [-0.15, -0.1) is 0 Å². The lowest BCUT2D eigenvalue weighted by molar-refractivity contribution is 0.349. The summed E-state index contributed by atoms with van der Waals surface area (Å²) in [7, 11) is 2.21. The van der Waals surface area contributed by atoms with Crippen LogP contribution in [-0.2, 0) is 0 Å². The molecule has 0 amide bonds. The standard InChI is InChI=1S/C13H17N/c1-14-11-7-10-13(14)12-8-5-3-2-4-6-9-12/h2-6,8-9,13H,7,10-11H2,1H3/b3-2-,4-2?,5-3?,6-4-,8-5-,9-6?,12-8?,12-9+/t13-/m1/s1. The smallest absolute Gasteiger partial charge is 0.0345 e. The fourth-order valence-corrected chi connectivity index (χ4v) is 2.13. The molecule has 0 aromatic carbocycles. The van der Waals surface area contributed by atoms with Crippen LogP contribution < -0.4 is 0 Å². The molecule has 2 rings (SSSR count). The molecule has 1 saturated heterocycles. The van der Waals surface area contributed by atoms with E-state index in [0.29, 0.717) is 6.04 Å². The molecule has 1 aliphatic heterocycles. The number of likely N-dealkylation sites (tertiary alicyclic amines) is 1. The van der Waals surface area contributed by atoms with Gasteiger partial charge in [-0.05, 0) is 32.0 Å². The molecule has 0 aromatic rings. The maximum Gasteiger partial charge on any atom is 0.0345 e. The fraction of sp³-hybridized carbons (Fsp3) is 0.385. The van der Waals surface area contributed by atoms with Crippen molar-refractivity contribution in [2.24, 2.45) is 0 Å².